The number of likely N-dealkylation sites (tertiary alicyclic amines) is 1. The van der Waals surface area contributed by atoms with Gasteiger partial charge in [-0.3, -0.25) is 4.79 Å². The summed E-state index contributed by atoms with van der Waals surface area (Å²) in [6.45, 7) is 2.93. The summed E-state index contributed by atoms with van der Waals surface area (Å²) in [5.41, 5.74) is 1.40. The van der Waals surface area contributed by atoms with Gasteiger partial charge in [-0.05, 0) is 50.6 Å². The van der Waals surface area contributed by atoms with E-state index in [1.807, 2.05) is 6.07 Å². The van der Waals surface area contributed by atoms with Crippen LogP contribution in [-0.4, -0.2) is 44.5 Å². The fourth-order valence-electron chi connectivity index (χ4n) is 2.69. The minimum absolute atomic E-state index is 0.0647. The van der Waals surface area contributed by atoms with Crippen LogP contribution in [0.2, 0.25) is 5.02 Å². The summed E-state index contributed by atoms with van der Waals surface area (Å²) in [4.78, 5) is 14.6. The number of benzene rings is 1. The summed E-state index contributed by atoms with van der Waals surface area (Å²) in [6.07, 6.45) is 2.38. The number of halogens is 1. The Kier molecular flexibility index (Phi) is 5.26. The Morgan fingerprint density at radius 2 is 2.30 bits per heavy atom. The van der Waals surface area contributed by atoms with E-state index in [0.717, 1.165) is 25.3 Å². The van der Waals surface area contributed by atoms with E-state index in [1.54, 1.807) is 19.2 Å². The van der Waals surface area contributed by atoms with Crippen LogP contribution >= 0.6 is 11.6 Å². The topological polar surface area (TPSA) is 44.4 Å². The Bertz CT molecular complexity index is 478. The molecule has 2 N–H and O–H groups in total. The number of carbonyl (C=O) groups is 1. The normalized spacial score (nSPS) is 19.6. The standard InChI is InChI=1S/C15H22ClN3O/c1-17-14-6-5-12(16)8-13(14)15(20)18-9-11-4-3-7-19(2)10-11/h5-6,8,11,17H,3-4,7,9-10H2,1-2H3,(H,18,20). The summed E-state index contributed by atoms with van der Waals surface area (Å²) in [5.74, 6) is 0.472. The molecule has 1 unspecified atom stereocenters. The summed E-state index contributed by atoms with van der Waals surface area (Å²) in [7, 11) is 3.93. The van der Waals surface area contributed by atoms with Crippen LogP contribution in [0.15, 0.2) is 18.2 Å². The van der Waals surface area contributed by atoms with Crippen LogP contribution in [0.5, 0.6) is 0 Å². The molecule has 4 nitrogen and oxygen atoms in total. The van der Waals surface area contributed by atoms with Gasteiger partial charge in [0.05, 0.1) is 5.56 Å². The Morgan fingerprint density at radius 1 is 1.50 bits per heavy atom. The quantitative estimate of drug-likeness (QED) is 0.897. The van der Waals surface area contributed by atoms with Crippen LogP contribution in [-0.2, 0) is 0 Å². The third kappa shape index (κ3) is 3.87. The number of carbonyl (C=O) groups excluding carboxylic acids is 1. The summed E-state index contributed by atoms with van der Waals surface area (Å²) in [5, 5.41) is 6.62. The Labute approximate surface area is 125 Å². The molecule has 0 spiro atoms. The highest BCUT2D eigenvalue weighted by Crippen LogP contribution is 2.20. The molecule has 0 aromatic heterocycles. The van der Waals surface area contributed by atoms with Crippen molar-refractivity contribution < 1.29 is 4.79 Å². The molecule has 1 heterocycles. The van der Waals surface area contributed by atoms with Gasteiger partial charge in [0.2, 0.25) is 0 Å². The van der Waals surface area contributed by atoms with E-state index in [-0.39, 0.29) is 5.91 Å². The fraction of sp³-hybridized carbons (Fsp3) is 0.533. The van der Waals surface area contributed by atoms with Gasteiger partial charge in [0.15, 0.2) is 0 Å². The van der Waals surface area contributed by atoms with Gasteiger partial charge in [-0.1, -0.05) is 11.6 Å². The first kappa shape index (κ1) is 15.1. The minimum Gasteiger partial charge on any atom is -0.387 e. The maximum atomic E-state index is 12.3. The Hall–Kier alpha value is -1.26. The lowest BCUT2D eigenvalue weighted by Gasteiger charge is -2.29. The molecule has 2 rings (SSSR count). The lowest BCUT2D eigenvalue weighted by Crippen LogP contribution is -2.39. The van der Waals surface area contributed by atoms with Gasteiger partial charge < -0.3 is 15.5 Å². The molecule has 1 aliphatic rings. The maximum absolute atomic E-state index is 12.3. The predicted octanol–water partition coefficient (Wildman–Crippen LogP) is 2.45. The predicted molar refractivity (Wildman–Crippen MR) is 83.6 cm³/mol. The van der Waals surface area contributed by atoms with Gasteiger partial charge in [0, 0.05) is 30.8 Å². The first-order chi connectivity index (χ1) is 9.60. The van der Waals surface area contributed by atoms with Crippen LogP contribution in [0, 0.1) is 5.92 Å². The van der Waals surface area contributed by atoms with Crippen molar-refractivity contribution in [3.63, 3.8) is 0 Å². The largest absolute Gasteiger partial charge is 0.387 e. The van der Waals surface area contributed by atoms with E-state index in [4.69, 9.17) is 11.6 Å². The molecule has 1 saturated heterocycles. The van der Waals surface area contributed by atoms with E-state index in [1.165, 1.54) is 12.8 Å². The van der Waals surface area contributed by atoms with Gasteiger partial charge in [-0.2, -0.15) is 0 Å². The molecule has 110 valence electrons. The molecule has 0 aliphatic carbocycles. The first-order valence-electron chi connectivity index (χ1n) is 7.04. The number of nitrogens with zero attached hydrogens (tertiary/aromatic N) is 1. The number of anilines is 1. The van der Waals surface area contributed by atoms with Crippen LogP contribution < -0.4 is 10.6 Å². The highest BCUT2D eigenvalue weighted by Gasteiger charge is 2.19. The Balaban J connectivity index is 1.96. The van der Waals surface area contributed by atoms with E-state index >= 15 is 0 Å². The minimum atomic E-state index is -0.0647. The number of amides is 1. The summed E-state index contributed by atoms with van der Waals surface area (Å²) >= 11 is 5.97. The molecule has 0 saturated carbocycles. The van der Waals surface area contributed by atoms with E-state index in [0.29, 0.717) is 16.5 Å². The van der Waals surface area contributed by atoms with Crippen LogP contribution in [0.4, 0.5) is 5.69 Å². The van der Waals surface area contributed by atoms with Crippen LogP contribution in [0.1, 0.15) is 23.2 Å². The molecule has 0 radical (unpaired) electrons. The van der Waals surface area contributed by atoms with Crippen molar-refractivity contribution in [2.45, 2.75) is 12.8 Å². The van der Waals surface area contributed by atoms with Crippen molar-refractivity contribution >= 4 is 23.2 Å². The Morgan fingerprint density at radius 3 is 3.00 bits per heavy atom. The van der Waals surface area contributed by atoms with Crippen molar-refractivity contribution in [3.8, 4) is 0 Å². The zero-order valence-corrected chi connectivity index (χ0v) is 12.8. The van der Waals surface area contributed by atoms with Gasteiger partial charge >= 0.3 is 0 Å². The summed E-state index contributed by atoms with van der Waals surface area (Å²) in [6, 6.07) is 5.31. The molecular formula is C15H22ClN3O. The third-order valence-corrected chi connectivity index (χ3v) is 4.00. The molecule has 1 aliphatic heterocycles. The number of hydrogen-bond acceptors (Lipinski definition) is 3. The van der Waals surface area contributed by atoms with Crippen molar-refractivity contribution in [2.75, 3.05) is 39.0 Å². The third-order valence-electron chi connectivity index (χ3n) is 3.77. The molecule has 20 heavy (non-hydrogen) atoms. The van der Waals surface area contributed by atoms with E-state index < -0.39 is 0 Å². The second-order valence-corrected chi connectivity index (χ2v) is 5.86. The molecule has 0 bridgehead atoms. The van der Waals surface area contributed by atoms with E-state index in [2.05, 4.69) is 22.6 Å². The van der Waals surface area contributed by atoms with Crippen molar-refractivity contribution in [2.24, 2.45) is 5.92 Å². The van der Waals surface area contributed by atoms with Gasteiger partial charge in [-0.15, -0.1) is 0 Å². The summed E-state index contributed by atoms with van der Waals surface area (Å²) < 4.78 is 0. The van der Waals surface area contributed by atoms with E-state index in [9.17, 15) is 4.79 Å². The molecule has 1 atom stereocenters. The molecule has 1 aromatic rings. The van der Waals surface area contributed by atoms with Crippen LogP contribution in [0.3, 0.4) is 0 Å². The zero-order valence-electron chi connectivity index (χ0n) is 12.1. The number of hydrogen-bond donors (Lipinski definition) is 2. The second kappa shape index (κ2) is 6.95. The monoisotopic (exact) mass is 295 g/mol. The van der Waals surface area contributed by atoms with Gasteiger partial charge in [0.25, 0.3) is 5.91 Å². The zero-order chi connectivity index (χ0) is 14.5. The number of piperidine rings is 1. The van der Waals surface area contributed by atoms with Crippen molar-refractivity contribution in [1.82, 2.24) is 10.2 Å². The molecule has 1 aromatic carbocycles. The molecule has 1 amide bonds. The SMILES string of the molecule is CNc1ccc(Cl)cc1C(=O)NCC1CCCN(C)C1. The van der Waals surface area contributed by atoms with Gasteiger partial charge in [-0.25, -0.2) is 0 Å². The highest BCUT2D eigenvalue weighted by atomic mass is 35.5. The fourth-order valence-corrected chi connectivity index (χ4v) is 2.87. The van der Waals surface area contributed by atoms with Crippen LogP contribution in [0.25, 0.3) is 0 Å². The molecule has 5 heteroatoms. The maximum Gasteiger partial charge on any atom is 0.253 e. The second-order valence-electron chi connectivity index (χ2n) is 5.42. The molecule has 1 fully saturated rings. The first-order valence-corrected chi connectivity index (χ1v) is 7.42. The number of rotatable bonds is 4. The molecular weight excluding hydrogens is 274 g/mol. The highest BCUT2D eigenvalue weighted by molar-refractivity contribution is 6.31. The lowest BCUT2D eigenvalue weighted by atomic mass is 9.98. The van der Waals surface area contributed by atoms with Crippen molar-refractivity contribution in [1.29, 1.82) is 0 Å². The van der Waals surface area contributed by atoms with Gasteiger partial charge in [0.1, 0.15) is 0 Å². The average molecular weight is 296 g/mol. The smallest absolute Gasteiger partial charge is 0.253 e. The van der Waals surface area contributed by atoms with Crippen molar-refractivity contribution in [3.05, 3.63) is 28.8 Å². The number of nitrogens with one attached hydrogen (secondary N) is 2. The average Bonchev–Trinajstić information content (AvgIpc) is 2.45. The lowest BCUT2D eigenvalue weighted by molar-refractivity contribution is 0.0937.